The van der Waals surface area contributed by atoms with E-state index in [0.717, 1.165) is 11.1 Å². The van der Waals surface area contributed by atoms with Crippen LogP contribution in [0.15, 0.2) is 16.7 Å². The van der Waals surface area contributed by atoms with E-state index in [0.29, 0.717) is 6.04 Å². The third-order valence-electron chi connectivity index (χ3n) is 2.11. The molecule has 2 nitrogen and oxygen atoms in total. The first-order valence-electron chi connectivity index (χ1n) is 3.94. The first-order valence-corrected chi connectivity index (χ1v) is 4.73. The minimum absolute atomic E-state index is 0.557. The van der Waals surface area contributed by atoms with Gasteiger partial charge in [-0.1, -0.05) is 0 Å². The molecule has 1 atom stereocenters. The predicted molar refractivity (Wildman–Crippen MR) is 48.5 cm³/mol. The van der Waals surface area contributed by atoms with Crippen LogP contribution in [0.3, 0.4) is 0 Å². The van der Waals surface area contributed by atoms with E-state index >= 15 is 0 Å². The molecule has 2 N–H and O–H groups in total. The predicted octanol–water partition coefficient (Wildman–Crippen LogP) is 2.20. The monoisotopic (exact) mass is 214 g/mol. The van der Waals surface area contributed by atoms with Gasteiger partial charge < -0.3 is 10.3 Å². The van der Waals surface area contributed by atoms with Crippen molar-refractivity contribution >= 4 is 15.9 Å². The van der Waals surface area contributed by atoms with Crippen LogP contribution in [0.2, 0.25) is 0 Å². The van der Waals surface area contributed by atoms with Gasteiger partial charge >= 0.3 is 0 Å². The standard InChI is InChI=1S/C8H11BrN2/c9-8-4-3-7(11-8)6-2-1-5-10-6/h3-4,6,10-11H,1-2,5H2. The lowest BCUT2D eigenvalue weighted by Gasteiger charge is -2.06. The van der Waals surface area contributed by atoms with Crippen molar-refractivity contribution in [2.45, 2.75) is 18.9 Å². The summed E-state index contributed by atoms with van der Waals surface area (Å²) in [6, 6.07) is 4.74. The summed E-state index contributed by atoms with van der Waals surface area (Å²) >= 11 is 3.40. The van der Waals surface area contributed by atoms with Gasteiger partial charge in [-0.15, -0.1) is 0 Å². The zero-order valence-corrected chi connectivity index (χ0v) is 7.82. The van der Waals surface area contributed by atoms with Gasteiger partial charge in [-0.2, -0.15) is 0 Å². The Morgan fingerprint density at radius 3 is 2.91 bits per heavy atom. The van der Waals surface area contributed by atoms with Gasteiger partial charge in [-0.3, -0.25) is 0 Å². The van der Waals surface area contributed by atoms with E-state index in [-0.39, 0.29) is 0 Å². The quantitative estimate of drug-likeness (QED) is 0.738. The van der Waals surface area contributed by atoms with E-state index in [4.69, 9.17) is 0 Å². The van der Waals surface area contributed by atoms with Crippen molar-refractivity contribution in [3.63, 3.8) is 0 Å². The maximum Gasteiger partial charge on any atom is 0.0822 e. The van der Waals surface area contributed by atoms with E-state index in [1.165, 1.54) is 18.5 Å². The molecule has 2 rings (SSSR count). The Morgan fingerprint density at radius 1 is 1.45 bits per heavy atom. The molecule has 0 radical (unpaired) electrons. The molecule has 0 aliphatic carbocycles. The molecule has 1 saturated heterocycles. The highest BCUT2D eigenvalue weighted by Crippen LogP contribution is 2.23. The van der Waals surface area contributed by atoms with Crippen LogP contribution in [0.4, 0.5) is 0 Å². The van der Waals surface area contributed by atoms with Crippen molar-refractivity contribution in [2.75, 3.05) is 6.54 Å². The number of H-pyrrole nitrogens is 1. The normalized spacial score (nSPS) is 24.3. The summed E-state index contributed by atoms with van der Waals surface area (Å²) in [6.07, 6.45) is 2.55. The molecule has 0 bridgehead atoms. The molecule has 0 saturated carbocycles. The maximum atomic E-state index is 3.43. The van der Waals surface area contributed by atoms with E-state index in [1.54, 1.807) is 0 Å². The second-order valence-electron chi connectivity index (χ2n) is 2.91. The topological polar surface area (TPSA) is 27.8 Å². The molecule has 0 amide bonds. The maximum absolute atomic E-state index is 3.43. The fraction of sp³-hybridized carbons (Fsp3) is 0.500. The Balaban J connectivity index is 2.15. The first kappa shape index (κ1) is 7.37. The zero-order chi connectivity index (χ0) is 7.68. The van der Waals surface area contributed by atoms with Gasteiger partial charge in [0.15, 0.2) is 0 Å². The van der Waals surface area contributed by atoms with Gasteiger partial charge in [-0.05, 0) is 47.4 Å². The molecular weight excluding hydrogens is 204 g/mol. The molecule has 1 aliphatic rings. The second kappa shape index (κ2) is 2.99. The van der Waals surface area contributed by atoms with Crippen molar-refractivity contribution in [2.24, 2.45) is 0 Å². The van der Waals surface area contributed by atoms with Crippen LogP contribution in [0, 0.1) is 0 Å². The minimum atomic E-state index is 0.557. The number of hydrogen-bond acceptors (Lipinski definition) is 1. The Labute approximate surface area is 74.5 Å². The Kier molecular flexibility index (Phi) is 2.00. The van der Waals surface area contributed by atoms with E-state index in [9.17, 15) is 0 Å². The van der Waals surface area contributed by atoms with Gasteiger partial charge in [0.1, 0.15) is 0 Å². The largest absolute Gasteiger partial charge is 0.352 e. The van der Waals surface area contributed by atoms with Crippen molar-refractivity contribution < 1.29 is 0 Å². The van der Waals surface area contributed by atoms with Gasteiger partial charge in [0.25, 0.3) is 0 Å². The van der Waals surface area contributed by atoms with Gasteiger partial charge in [0.05, 0.1) is 4.60 Å². The van der Waals surface area contributed by atoms with E-state index in [2.05, 4.69) is 38.4 Å². The summed E-state index contributed by atoms with van der Waals surface area (Å²) in [5.41, 5.74) is 1.30. The smallest absolute Gasteiger partial charge is 0.0822 e. The summed E-state index contributed by atoms with van der Waals surface area (Å²) < 4.78 is 1.07. The average molecular weight is 215 g/mol. The Morgan fingerprint density at radius 2 is 2.36 bits per heavy atom. The lowest BCUT2D eigenvalue weighted by molar-refractivity contribution is 0.631. The molecule has 1 aromatic rings. The second-order valence-corrected chi connectivity index (χ2v) is 3.76. The molecular formula is C8H11BrN2. The average Bonchev–Trinajstić information content (AvgIpc) is 2.55. The van der Waals surface area contributed by atoms with Crippen LogP contribution in [0.5, 0.6) is 0 Å². The van der Waals surface area contributed by atoms with Crippen LogP contribution in [0.25, 0.3) is 0 Å². The summed E-state index contributed by atoms with van der Waals surface area (Å²) in [7, 11) is 0. The molecule has 2 heterocycles. The number of aromatic nitrogens is 1. The van der Waals surface area contributed by atoms with Gasteiger partial charge in [0.2, 0.25) is 0 Å². The Hall–Kier alpha value is -0.280. The SMILES string of the molecule is Brc1ccc(C2CCCN2)[nH]1. The van der Waals surface area contributed by atoms with Crippen LogP contribution in [-0.2, 0) is 0 Å². The molecule has 1 fully saturated rings. The number of halogens is 1. The van der Waals surface area contributed by atoms with Crippen molar-refractivity contribution in [3.8, 4) is 0 Å². The molecule has 1 aromatic heterocycles. The first-order chi connectivity index (χ1) is 5.36. The van der Waals surface area contributed by atoms with Gasteiger partial charge in [0, 0.05) is 11.7 Å². The highest BCUT2D eigenvalue weighted by Gasteiger charge is 2.16. The third-order valence-corrected chi connectivity index (χ3v) is 2.57. The summed E-state index contributed by atoms with van der Waals surface area (Å²) in [6.45, 7) is 1.15. The van der Waals surface area contributed by atoms with Crippen LogP contribution in [-0.4, -0.2) is 11.5 Å². The van der Waals surface area contributed by atoms with Crippen LogP contribution < -0.4 is 5.32 Å². The number of hydrogen-bond donors (Lipinski definition) is 2. The van der Waals surface area contributed by atoms with Gasteiger partial charge in [-0.25, -0.2) is 0 Å². The Bertz CT molecular complexity index is 238. The highest BCUT2D eigenvalue weighted by molar-refractivity contribution is 9.10. The zero-order valence-electron chi connectivity index (χ0n) is 6.23. The van der Waals surface area contributed by atoms with Crippen LogP contribution >= 0.6 is 15.9 Å². The lowest BCUT2D eigenvalue weighted by Crippen LogP contribution is -2.12. The van der Waals surface area contributed by atoms with Crippen molar-refractivity contribution in [1.29, 1.82) is 0 Å². The molecule has 3 heteroatoms. The minimum Gasteiger partial charge on any atom is -0.352 e. The lowest BCUT2D eigenvalue weighted by atomic mass is 10.2. The fourth-order valence-corrected chi connectivity index (χ4v) is 1.90. The molecule has 1 aliphatic heterocycles. The molecule has 60 valence electrons. The summed E-state index contributed by atoms with van der Waals surface area (Å²) in [5.74, 6) is 0. The van der Waals surface area contributed by atoms with E-state index < -0.39 is 0 Å². The molecule has 1 unspecified atom stereocenters. The summed E-state index contributed by atoms with van der Waals surface area (Å²) in [5, 5.41) is 3.43. The number of rotatable bonds is 1. The summed E-state index contributed by atoms with van der Waals surface area (Å²) in [4.78, 5) is 3.27. The molecule has 0 aromatic carbocycles. The highest BCUT2D eigenvalue weighted by atomic mass is 79.9. The van der Waals surface area contributed by atoms with Crippen LogP contribution in [0.1, 0.15) is 24.6 Å². The fourth-order valence-electron chi connectivity index (χ4n) is 1.54. The molecule has 11 heavy (non-hydrogen) atoms. The molecule has 0 spiro atoms. The van der Waals surface area contributed by atoms with Crippen molar-refractivity contribution in [3.05, 3.63) is 22.4 Å². The number of nitrogens with one attached hydrogen (secondary N) is 2. The number of aromatic amines is 1. The van der Waals surface area contributed by atoms with E-state index in [1.807, 2.05) is 0 Å². The van der Waals surface area contributed by atoms with Crippen molar-refractivity contribution in [1.82, 2.24) is 10.3 Å². The third kappa shape index (κ3) is 1.49.